The van der Waals surface area contributed by atoms with Crippen molar-refractivity contribution in [2.24, 2.45) is 0 Å². The molecule has 178 valence electrons. The molecule has 0 aliphatic carbocycles. The number of hydrogen-bond acceptors (Lipinski definition) is 5. The second kappa shape index (κ2) is 8.14. The Morgan fingerprint density at radius 1 is 0.486 bits per heavy atom. The van der Waals surface area contributed by atoms with Crippen LogP contribution in [-0.4, -0.2) is 7.05 Å². The summed E-state index contributed by atoms with van der Waals surface area (Å²) in [6.45, 7) is 2.14. The molecule has 1 nitrogen and oxygen atoms in total. The summed E-state index contributed by atoms with van der Waals surface area (Å²) in [7, 11) is 1.96. The van der Waals surface area contributed by atoms with Crippen LogP contribution < -0.4 is 5.32 Å². The van der Waals surface area contributed by atoms with E-state index in [-0.39, 0.29) is 0 Å². The highest BCUT2D eigenvalue weighted by Gasteiger charge is 2.17. The van der Waals surface area contributed by atoms with Crippen LogP contribution in [0.2, 0.25) is 0 Å². The molecule has 37 heavy (non-hydrogen) atoms. The van der Waals surface area contributed by atoms with Gasteiger partial charge in [-0.2, -0.15) is 0 Å². The topological polar surface area (TPSA) is 12.0 Å². The van der Waals surface area contributed by atoms with Gasteiger partial charge in [0.25, 0.3) is 0 Å². The number of nitrogens with one attached hydrogen (secondary N) is 1. The fraction of sp³-hybridized carbons (Fsp3) is 0.0625. The number of thiophene rings is 4. The number of aryl methyl sites for hydroxylation is 1. The average molecular weight is 548 g/mol. The molecule has 1 N–H and O–H groups in total. The van der Waals surface area contributed by atoms with Crippen molar-refractivity contribution in [2.45, 2.75) is 6.92 Å². The van der Waals surface area contributed by atoms with Crippen LogP contribution >= 0.6 is 45.3 Å². The number of benzene rings is 4. The molecular formula is C32H21NS4. The predicted octanol–water partition coefficient (Wildman–Crippen LogP) is 11.4. The number of rotatable bonds is 3. The first-order chi connectivity index (χ1) is 18.2. The molecule has 0 atom stereocenters. The van der Waals surface area contributed by atoms with Gasteiger partial charge in [0.15, 0.2) is 0 Å². The molecule has 5 heteroatoms. The third kappa shape index (κ3) is 3.32. The van der Waals surface area contributed by atoms with E-state index < -0.39 is 0 Å². The lowest BCUT2D eigenvalue weighted by Gasteiger charge is -2.03. The summed E-state index contributed by atoms with van der Waals surface area (Å²) >= 11 is 7.71. The Labute approximate surface area is 230 Å². The van der Waals surface area contributed by atoms with E-state index in [9.17, 15) is 0 Å². The van der Waals surface area contributed by atoms with Crippen molar-refractivity contribution in [3.8, 4) is 20.9 Å². The molecule has 4 aromatic heterocycles. The van der Waals surface area contributed by atoms with Gasteiger partial charge in [0.05, 0.1) is 9.40 Å². The fourth-order valence-corrected chi connectivity index (χ4v) is 10.5. The SMILES string of the molecule is CNc1ccc(-c2cc3sc4c5ccc6c7sc(-c8ccc(C)cc8)cc7sc6c5ccc4c3s2)cc1. The summed E-state index contributed by atoms with van der Waals surface area (Å²) in [5.41, 5.74) is 5.04. The first kappa shape index (κ1) is 21.8. The van der Waals surface area contributed by atoms with E-state index in [2.05, 4.69) is 97.2 Å². The van der Waals surface area contributed by atoms with Crippen LogP contribution in [0, 0.1) is 6.92 Å². The Hall–Kier alpha value is -3.22. The highest BCUT2D eigenvalue weighted by Crippen LogP contribution is 2.49. The van der Waals surface area contributed by atoms with Gasteiger partial charge in [0, 0.05) is 62.8 Å². The Morgan fingerprint density at radius 2 is 0.946 bits per heavy atom. The molecule has 0 saturated carbocycles. The second-order valence-corrected chi connectivity index (χ2v) is 13.7. The van der Waals surface area contributed by atoms with Gasteiger partial charge in [-0.15, -0.1) is 45.3 Å². The molecule has 0 spiro atoms. The molecule has 8 aromatic rings. The molecule has 0 bridgehead atoms. The minimum Gasteiger partial charge on any atom is -0.388 e. The zero-order chi connectivity index (χ0) is 24.7. The maximum atomic E-state index is 3.21. The molecule has 0 radical (unpaired) electrons. The van der Waals surface area contributed by atoms with Crippen LogP contribution in [0.15, 0.2) is 84.9 Å². The van der Waals surface area contributed by atoms with Gasteiger partial charge in [-0.25, -0.2) is 0 Å². The van der Waals surface area contributed by atoms with Crippen molar-refractivity contribution in [1.82, 2.24) is 0 Å². The minimum atomic E-state index is 1.14. The Balaban J connectivity index is 1.26. The standard InChI is InChI=1S/C32H21NS4/c1-17-3-5-18(6-4-17)25-15-27-31(34-25)23-13-11-22-21(29(23)36-27)12-14-24-30(22)37-28-16-26(35-32(24)28)19-7-9-20(33-2)10-8-19/h3-16,33H,1-2H3. The van der Waals surface area contributed by atoms with E-state index in [1.165, 1.54) is 76.2 Å². The maximum Gasteiger partial charge on any atom is 0.0536 e. The zero-order valence-corrected chi connectivity index (χ0v) is 23.5. The van der Waals surface area contributed by atoms with Crippen LogP contribution in [0.3, 0.4) is 0 Å². The van der Waals surface area contributed by atoms with Gasteiger partial charge in [0.1, 0.15) is 0 Å². The van der Waals surface area contributed by atoms with Crippen LogP contribution in [-0.2, 0) is 0 Å². The normalized spacial score (nSPS) is 12.1. The quantitative estimate of drug-likeness (QED) is 0.232. The molecule has 8 rings (SSSR count). The minimum absolute atomic E-state index is 1.14. The summed E-state index contributed by atoms with van der Waals surface area (Å²) in [4.78, 5) is 2.69. The van der Waals surface area contributed by atoms with E-state index in [4.69, 9.17) is 0 Å². The monoisotopic (exact) mass is 547 g/mol. The van der Waals surface area contributed by atoms with Crippen molar-refractivity contribution in [2.75, 3.05) is 12.4 Å². The lowest BCUT2D eigenvalue weighted by Crippen LogP contribution is -1.86. The largest absolute Gasteiger partial charge is 0.388 e. The van der Waals surface area contributed by atoms with Crippen LogP contribution in [0.4, 0.5) is 5.69 Å². The summed E-state index contributed by atoms with van der Waals surface area (Å²) < 4.78 is 8.43. The lowest BCUT2D eigenvalue weighted by atomic mass is 10.1. The molecular weight excluding hydrogens is 527 g/mol. The summed E-state index contributed by atoms with van der Waals surface area (Å²) in [5.74, 6) is 0. The van der Waals surface area contributed by atoms with Crippen molar-refractivity contribution in [1.29, 1.82) is 0 Å². The molecule has 0 saturated heterocycles. The Kier molecular flexibility index (Phi) is 4.80. The van der Waals surface area contributed by atoms with E-state index in [1.54, 1.807) is 0 Å². The van der Waals surface area contributed by atoms with E-state index >= 15 is 0 Å². The molecule has 4 aromatic carbocycles. The molecule has 0 aliphatic rings. The Bertz CT molecular complexity index is 2120. The van der Waals surface area contributed by atoms with E-state index in [1.807, 2.05) is 52.4 Å². The summed E-state index contributed by atoms with van der Waals surface area (Å²) in [5, 5.41) is 8.74. The summed E-state index contributed by atoms with van der Waals surface area (Å²) in [6, 6.07) is 31.8. The molecule has 0 unspecified atom stereocenters. The van der Waals surface area contributed by atoms with Gasteiger partial charge in [-0.3, -0.25) is 0 Å². The van der Waals surface area contributed by atoms with Gasteiger partial charge < -0.3 is 5.32 Å². The number of fused-ring (bicyclic) bond motifs is 9. The van der Waals surface area contributed by atoms with Crippen LogP contribution in [0.5, 0.6) is 0 Å². The smallest absolute Gasteiger partial charge is 0.0536 e. The third-order valence-corrected chi connectivity index (χ3v) is 12.3. The van der Waals surface area contributed by atoms with Gasteiger partial charge in [-0.1, -0.05) is 66.2 Å². The van der Waals surface area contributed by atoms with Gasteiger partial charge in [0.2, 0.25) is 0 Å². The maximum absolute atomic E-state index is 3.21. The number of hydrogen-bond donors (Lipinski definition) is 1. The van der Waals surface area contributed by atoms with E-state index in [0.29, 0.717) is 0 Å². The highest BCUT2D eigenvalue weighted by molar-refractivity contribution is 7.35. The van der Waals surface area contributed by atoms with Crippen LogP contribution in [0.1, 0.15) is 5.56 Å². The third-order valence-electron chi connectivity index (χ3n) is 7.21. The van der Waals surface area contributed by atoms with Crippen molar-refractivity contribution < 1.29 is 0 Å². The second-order valence-electron chi connectivity index (χ2n) is 9.49. The molecule has 0 aliphatic heterocycles. The van der Waals surface area contributed by atoms with Crippen molar-refractivity contribution in [3.63, 3.8) is 0 Å². The molecule has 4 heterocycles. The lowest BCUT2D eigenvalue weighted by molar-refractivity contribution is 1.48. The molecule has 0 fully saturated rings. The molecule has 0 amide bonds. The fourth-order valence-electron chi connectivity index (χ4n) is 5.23. The predicted molar refractivity (Wildman–Crippen MR) is 171 cm³/mol. The first-order valence-corrected chi connectivity index (χ1v) is 15.5. The first-order valence-electron chi connectivity index (χ1n) is 12.3. The van der Waals surface area contributed by atoms with E-state index in [0.717, 1.165) is 5.69 Å². The zero-order valence-electron chi connectivity index (χ0n) is 20.2. The average Bonchev–Trinajstić information content (AvgIpc) is 3.68. The Morgan fingerprint density at radius 3 is 1.43 bits per heavy atom. The van der Waals surface area contributed by atoms with Crippen molar-refractivity contribution >= 4 is 101 Å². The van der Waals surface area contributed by atoms with Gasteiger partial charge in [-0.05, 0) is 42.3 Å². The number of anilines is 1. The highest BCUT2D eigenvalue weighted by atomic mass is 32.1. The summed E-state index contributed by atoms with van der Waals surface area (Å²) in [6.07, 6.45) is 0. The van der Waals surface area contributed by atoms with Crippen LogP contribution in [0.25, 0.3) is 70.6 Å². The van der Waals surface area contributed by atoms with Crippen molar-refractivity contribution in [3.05, 3.63) is 90.5 Å². The van der Waals surface area contributed by atoms with Gasteiger partial charge >= 0.3 is 0 Å².